The first-order valence-electron chi connectivity index (χ1n) is 5.28. The molecule has 0 fully saturated rings. The summed E-state index contributed by atoms with van der Waals surface area (Å²) in [4.78, 5) is 10.6. The molecule has 1 aromatic rings. The quantitative estimate of drug-likeness (QED) is 0.776. The zero-order valence-corrected chi connectivity index (χ0v) is 11.1. The van der Waals surface area contributed by atoms with Crippen LogP contribution in [-0.2, 0) is 4.79 Å². The molecule has 1 aromatic carbocycles. The standard InChI is InChI=1S/C12H15ClO3S/c1-9(12(14)15)8-17-6-5-16-11-4-2-3-10(13)7-11/h2-4,7,9H,5-6,8H2,1H3,(H,14,15). The number of benzene rings is 1. The van der Waals surface area contributed by atoms with Gasteiger partial charge in [0.25, 0.3) is 0 Å². The van der Waals surface area contributed by atoms with E-state index < -0.39 is 5.97 Å². The molecule has 0 saturated carbocycles. The van der Waals surface area contributed by atoms with Gasteiger partial charge in [0.15, 0.2) is 0 Å². The molecule has 1 rings (SSSR count). The molecule has 0 heterocycles. The van der Waals surface area contributed by atoms with Crippen molar-refractivity contribution < 1.29 is 14.6 Å². The zero-order chi connectivity index (χ0) is 12.7. The van der Waals surface area contributed by atoms with Crippen LogP contribution in [0.4, 0.5) is 0 Å². The Morgan fingerprint density at radius 1 is 1.59 bits per heavy atom. The van der Waals surface area contributed by atoms with Gasteiger partial charge in [0.05, 0.1) is 12.5 Å². The van der Waals surface area contributed by atoms with E-state index >= 15 is 0 Å². The summed E-state index contributed by atoms with van der Waals surface area (Å²) in [6.07, 6.45) is 0. The van der Waals surface area contributed by atoms with Gasteiger partial charge in [-0.05, 0) is 18.2 Å². The lowest BCUT2D eigenvalue weighted by Crippen LogP contribution is -2.13. The third-order valence-corrected chi connectivity index (χ3v) is 3.51. The average molecular weight is 275 g/mol. The summed E-state index contributed by atoms with van der Waals surface area (Å²) in [6.45, 7) is 2.25. The van der Waals surface area contributed by atoms with Gasteiger partial charge in [-0.15, -0.1) is 0 Å². The number of hydrogen-bond donors (Lipinski definition) is 1. The van der Waals surface area contributed by atoms with Crippen LogP contribution >= 0.6 is 23.4 Å². The molecule has 0 aliphatic heterocycles. The van der Waals surface area contributed by atoms with Crippen LogP contribution in [0, 0.1) is 5.92 Å². The van der Waals surface area contributed by atoms with E-state index in [9.17, 15) is 4.79 Å². The molecule has 94 valence electrons. The van der Waals surface area contributed by atoms with Crippen LogP contribution in [-0.4, -0.2) is 29.2 Å². The van der Waals surface area contributed by atoms with Gasteiger partial charge >= 0.3 is 5.97 Å². The highest BCUT2D eigenvalue weighted by atomic mass is 35.5. The van der Waals surface area contributed by atoms with E-state index in [1.807, 2.05) is 12.1 Å². The molecule has 5 heteroatoms. The summed E-state index contributed by atoms with van der Waals surface area (Å²) in [5.74, 6) is 1.04. The Morgan fingerprint density at radius 2 is 2.35 bits per heavy atom. The van der Waals surface area contributed by atoms with Crippen molar-refractivity contribution in [3.05, 3.63) is 29.3 Å². The normalized spacial score (nSPS) is 12.1. The van der Waals surface area contributed by atoms with E-state index in [-0.39, 0.29) is 5.92 Å². The van der Waals surface area contributed by atoms with Gasteiger partial charge < -0.3 is 9.84 Å². The molecular formula is C12H15ClO3S. The molecule has 1 N–H and O–H groups in total. The van der Waals surface area contributed by atoms with Gasteiger partial charge in [-0.3, -0.25) is 4.79 Å². The number of rotatable bonds is 7. The predicted molar refractivity (Wildman–Crippen MR) is 71.1 cm³/mol. The van der Waals surface area contributed by atoms with Crippen LogP contribution in [0.1, 0.15) is 6.92 Å². The third kappa shape index (κ3) is 5.84. The van der Waals surface area contributed by atoms with Crippen molar-refractivity contribution in [2.45, 2.75) is 6.92 Å². The monoisotopic (exact) mass is 274 g/mol. The summed E-state index contributed by atoms with van der Waals surface area (Å²) in [6, 6.07) is 7.22. The Hall–Kier alpha value is -0.870. The van der Waals surface area contributed by atoms with Crippen molar-refractivity contribution in [1.82, 2.24) is 0 Å². The molecule has 0 bridgehead atoms. The molecule has 0 aliphatic carbocycles. The first-order chi connectivity index (χ1) is 8.09. The van der Waals surface area contributed by atoms with Crippen LogP contribution in [0.3, 0.4) is 0 Å². The minimum absolute atomic E-state index is 0.314. The van der Waals surface area contributed by atoms with E-state index in [0.29, 0.717) is 17.4 Å². The Morgan fingerprint density at radius 3 is 3.00 bits per heavy atom. The highest BCUT2D eigenvalue weighted by Crippen LogP contribution is 2.17. The van der Waals surface area contributed by atoms with Crippen molar-refractivity contribution in [3.8, 4) is 5.75 Å². The minimum atomic E-state index is -0.756. The van der Waals surface area contributed by atoms with Gasteiger partial charge in [0, 0.05) is 16.5 Å². The van der Waals surface area contributed by atoms with Gasteiger partial charge in [-0.25, -0.2) is 0 Å². The summed E-state index contributed by atoms with van der Waals surface area (Å²) >= 11 is 7.39. The lowest BCUT2D eigenvalue weighted by atomic mass is 10.2. The summed E-state index contributed by atoms with van der Waals surface area (Å²) in [7, 11) is 0. The number of carboxylic acids is 1. The molecule has 0 aromatic heterocycles. The number of hydrogen-bond acceptors (Lipinski definition) is 3. The summed E-state index contributed by atoms with van der Waals surface area (Å²) in [5.41, 5.74) is 0. The molecule has 0 amide bonds. The number of carbonyl (C=O) groups is 1. The van der Waals surface area contributed by atoms with Gasteiger partial charge in [-0.1, -0.05) is 24.6 Å². The lowest BCUT2D eigenvalue weighted by Gasteiger charge is -2.07. The number of ether oxygens (including phenoxy) is 1. The van der Waals surface area contributed by atoms with Crippen molar-refractivity contribution in [2.24, 2.45) is 5.92 Å². The van der Waals surface area contributed by atoms with Gasteiger partial charge in [0.1, 0.15) is 5.75 Å². The number of aliphatic carboxylic acids is 1. The molecule has 0 saturated heterocycles. The van der Waals surface area contributed by atoms with E-state index in [0.717, 1.165) is 11.5 Å². The molecule has 0 spiro atoms. The van der Waals surface area contributed by atoms with Crippen molar-refractivity contribution in [1.29, 1.82) is 0 Å². The van der Waals surface area contributed by atoms with Crippen molar-refractivity contribution in [2.75, 3.05) is 18.1 Å². The maximum atomic E-state index is 10.6. The Balaban J connectivity index is 2.14. The van der Waals surface area contributed by atoms with Gasteiger partial charge in [-0.2, -0.15) is 11.8 Å². The highest BCUT2D eigenvalue weighted by molar-refractivity contribution is 7.99. The smallest absolute Gasteiger partial charge is 0.307 e. The molecular weight excluding hydrogens is 260 g/mol. The topological polar surface area (TPSA) is 46.5 Å². The molecule has 1 atom stereocenters. The lowest BCUT2D eigenvalue weighted by molar-refractivity contribution is -0.140. The van der Waals surface area contributed by atoms with Crippen LogP contribution in [0.5, 0.6) is 5.75 Å². The SMILES string of the molecule is CC(CSCCOc1cccc(Cl)c1)C(=O)O. The molecule has 0 radical (unpaired) electrons. The number of carboxylic acid groups (broad SMARTS) is 1. The average Bonchev–Trinajstić information content (AvgIpc) is 2.28. The fraction of sp³-hybridized carbons (Fsp3) is 0.417. The fourth-order valence-electron chi connectivity index (χ4n) is 1.11. The van der Waals surface area contributed by atoms with Crippen LogP contribution in [0.2, 0.25) is 5.02 Å². The molecule has 1 unspecified atom stereocenters. The Bertz CT molecular complexity index is 371. The first-order valence-corrected chi connectivity index (χ1v) is 6.82. The molecule has 17 heavy (non-hydrogen) atoms. The zero-order valence-electron chi connectivity index (χ0n) is 9.56. The largest absolute Gasteiger partial charge is 0.493 e. The first kappa shape index (κ1) is 14.2. The summed E-state index contributed by atoms with van der Waals surface area (Å²) < 4.78 is 5.48. The number of halogens is 1. The van der Waals surface area contributed by atoms with Crippen LogP contribution < -0.4 is 4.74 Å². The van der Waals surface area contributed by atoms with Crippen LogP contribution in [0.15, 0.2) is 24.3 Å². The van der Waals surface area contributed by atoms with Crippen molar-refractivity contribution in [3.63, 3.8) is 0 Å². The minimum Gasteiger partial charge on any atom is -0.493 e. The molecule has 3 nitrogen and oxygen atoms in total. The van der Waals surface area contributed by atoms with E-state index in [1.54, 1.807) is 30.8 Å². The molecule has 0 aliphatic rings. The predicted octanol–water partition coefficient (Wildman–Crippen LogP) is 3.17. The van der Waals surface area contributed by atoms with Crippen LogP contribution in [0.25, 0.3) is 0 Å². The third-order valence-electron chi connectivity index (χ3n) is 2.08. The Labute approximate surface area is 110 Å². The second kappa shape index (κ2) is 7.45. The Kier molecular flexibility index (Phi) is 6.22. The van der Waals surface area contributed by atoms with E-state index in [2.05, 4.69) is 0 Å². The highest BCUT2D eigenvalue weighted by Gasteiger charge is 2.09. The fourth-order valence-corrected chi connectivity index (χ4v) is 2.15. The van der Waals surface area contributed by atoms with Gasteiger partial charge in [0.2, 0.25) is 0 Å². The van der Waals surface area contributed by atoms with E-state index in [1.165, 1.54) is 0 Å². The number of thioether (sulfide) groups is 1. The maximum Gasteiger partial charge on any atom is 0.307 e. The van der Waals surface area contributed by atoms with E-state index in [4.69, 9.17) is 21.4 Å². The second-order valence-electron chi connectivity index (χ2n) is 3.62. The second-order valence-corrected chi connectivity index (χ2v) is 5.21. The van der Waals surface area contributed by atoms with Crippen molar-refractivity contribution >= 4 is 29.3 Å². The maximum absolute atomic E-state index is 10.6. The summed E-state index contributed by atoms with van der Waals surface area (Å²) in [5, 5.41) is 9.34.